The molecule has 0 aromatic rings. The van der Waals surface area contributed by atoms with Crippen molar-refractivity contribution in [1.29, 1.82) is 0 Å². The first kappa shape index (κ1) is 52.5. The SMILES string of the molecule is CCCCCCCC/C=C\CCCCCCCC(=O)OCC(C[C@H](COP(=O)([O-])O)[N+](C)(C)C)OC(=O)CCCCCCC/C=C\CCCCCCCC. The maximum atomic E-state index is 12.9. The number of nitrogens with zero attached hydrogens (tertiary/aromatic N) is 1. The van der Waals surface area contributed by atoms with E-state index >= 15 is 0 Å². The van der Waals surface area contributed by atoms with E-state index in [1.165, 1.54) is 89.9 Å². The lowest BCUT2D eigenvalue weighted by Crippen LogP contribution is -2.50. The third-order valence-electron chi connectivity index (χ3n) is 10.1. The van der Waals surface area contributed by atoms with E-state index in [1.54, 1.807) is 0 Å². The van der Waals surface area contributed by atoms with Crippen molar-refractivity contribution in [1.82, 2.24) is 0 Å². The third kappa shape index (κ3) is 37.4. The van der Waals surface area contributed by atoms with Crippen molar-refractivity contribution in [2.75, 3.05) is 34.4 Å². The minimum atomic E-state index is -4.93. The molecule has 0 aromatic carbocycles. The molecular formula is C44H84NO8P. The summed E-state index contributed by atoms with van der Waals surface area (Å²) in [6.07, 6.45) is 39.9. The molecule has 318 valence electrons. The van der Waals surface area contributed by atoms with Gasteiger partial charge >= 0.3 is 11.9 Å². The van der Waals surface area contributed by atoms with E-state index in [0.717, 1.165) is 77.0 Å². The van der Waals surface area contributed by atoms with Crippen LogP contribution in [0.4, 0.5) is 0 Å². The van der Waals surface area contributed by atoms with Crippen LogP contribution in [0.25, 0.3) is 0 Å². The Labute approximate surface area is 332 Å². The fraction of sp³-hybridized carbons (Fsp3) is 0.864. The zero-order valence-corrected chi connectivity index (χ0v) is 36.5. The number of carbonyl (C=O) groups excluding carboxylic acids is 2. The highest BCUT2D eigenvalue weighted by atomic mass is 31.2. The van der Waals surface area contributed by atoms with Crippen LogP contribution in [0.1, 0.15) is 200 Å². The third-order valence-corrected chi connectivity index (χ3v) is 10.5. The first-order valence-electron chi connectivity index (χ1n) is 22.0. The number of rotatable bonds is 39. The number of unbranched alkanes of at least 4 members (excludes halogenated alkanes) is 22. The molecule has 0 fully saturated rings. The van der Waals surface area contributed by atoms with Gasteiger partial charge in [0, 0.05) is 19.3 Å². The smallest absolute Gasteiger partial charge is 0.306 e. The second-order valence-corrected chi connectivity index (χ2v) is 17.4. The van der Waals surface area contributed by atoms with Gasteiger partial charge in [-0.05, 0) is 64.2 Å². The summed E-state index contributed by atoms with van der Waals surface area (Å²) in [7, 11) is 0.669. The van der Waals surface area contributed by atoms with Crippen molar-refractivity contribution in [3.8, 4) is 0 Å². The van der Waals surface area contributed by atoms with Crippen LogP contribution >= 0.6 is 7.82 Å². The number of hydrogen-bond acceptors (Lipinski definition) is 7. The lowest BCUT2D eigenvalue weighted by molar-refractivity contribution is -0.897. The predicted octanol–water partition coefficient (Wildman–Crippen LogP) is 11.5. The molecule has 0 aliphatic heterocycles. The number of esters is 2. The molecular weight excluding hydrogens is 701 g/mol. The van der Waals surface area contributed by atoms with Crippen molar-refractivity contribution in [2.45, 2.75) is 212 Å². The van der Waals surface area contributed by atoms with Gasteiger partial charge in [-0.2, -0.15) is 0 Å². The molecule has 10 heteroatoms. The lowest BCUT2D eigenvalue weighted by Gasteiger charge is -2.36. The number of carbonyl (C=O) groups is 2. The Bertz CT molecular complexity index is 990. The van der Waals surface area contributed by atoms with Gasteiger partial charge in [-0.25, -0.2) is 0 Å². The van der Waals surface area contributed by atoms with Gasteiger partial charge in [0.1, 0.15) is 25.4 Å². The van der Waals surface area contributed by atoms with E-state index in [0.29, 0.717) is 10.9 Å². The zero-order valence-electron chi connectivity index (χ0n) is 35.6. The van der Waals surface area contributed by atoms with Crippen LogP contribution in [0.2, 0.25) is 0 Å². The molecule has 0 radical (unpaired) electrons. The van der Waals surface area contributed by atoms with Crippen LogP contribution in [-0.2, 0) is 28.2 Å². The molecule has 0 saturated heterocycles. The first-order valence-corrected chi connectivity index (χ1v) is 23.5. The molecule has 3 atom stereocenters. The van der Waals surface area contributed by atoms with Crippen LogP contribution in [0.5, 0.6) is 0 Å². The highest BCUT2D eigenvalue weighted by Crippen LogP contribution is 2.32. The van der Waals surface area contributed by atoms with Crippen LogP contribution in [0.15, 0.2) is 24.3 Å². The molecule has 0 saturated carbocycles. The number of hydrogen-bond donors (Lipinski definition) is 1. The van der Waals surface area contributed by atoms with Crippen molar-refractivity contribution in [2.24, 2.45) is 0 Å². The highest BCUT2D eigenvalue weighted by molar-refractivity contribution is 7.44. The van der Waals surface area contributed by atoms with Gasteiger partial charge in [0.05, 0.1) is 21.1 Å². The Morgan fingerprint density at radius 3 is 1.35 bits per heavy atom. The molecule has 0 spiro atoms. The summed E-state index contributed by atoms with van der Waals surface area (Å²) < 4.78 is 27.7. The van der Waals surface area contributed by atoms with E-state index in [4.69, 9.17) is 14.0 Å². The standard InChI is InChI=1S/C44H84NO8P/c1-6-8-10-12-14-16-18-20-22-24-26-28-30-32-34-36-43(46)51-40-42(38-41(45(3,4)5)39-52-54(48,49)50)53-44(47)37-35-33-31-29-27-25-23-21-19-17-15-13-11-9-7-2/h20-23,41-42H,6-19,24-40H2,1-5H3,(H-,48,49,50)/b22-20-,23-21-/t41-,42?/m1/s1. The quantitative estimate of drug-likeness (QED) is 0.0215. The minimum absolute atomic E-state index is 0.104. The van der Waals surface area contributed by atoms with Gasteiger partial charge in [-0.15, -0.1) is 0 Å². The van der Waals surface area contributed by atoms with Crippen molar-refractivity contribution in [3.05, 3.63) is 24.3 Å². The van der Waals surface area contributed by atoms with Crippen molar-refractivity contribution < 1.29 is 42.4 Å². The van der Waals surface area contributed by atoms with Gasteiger partial charge in [-0.3, -0.25) is 14.2 Å². The summed E-state index contributed by atoms with van der Waals surface area (Å²) in [4.78, 5) is 46.0. The van der Waals surface area contributed by atoms with Gasteiger partial charge in [0.2, 0.25) is 0 Å². The normalized spacial score (nSPS) is 14.4. The summed E-state index contributed by atoms with van der Waals surface area (Å²) in [6, 6.07) is -0.443. The van der Waals surface area contributed by atoms with E-state index in [2.05, 4.69) is 38.2 Å². The van der Waals surface area contributed by atoms with Crippen LogP contribution in [0, 0.1) is 0 Å². The second-order valence-electron chi connectivity index (χ2n) is 16.2. The zero-order chi connectivity index (χ0) is 40.2. The molecule has 2 unspecified atom stereocenters. The van der Waals surface area contributed by atoms with Crippen LogP contribution in [-0.4, -0.2) is 67.8 Å². The molecule has 0 rings (SSSR count). The summed E-state index contributed by atoms with van der Waals surface area (Å²) in [5.41, 5.74) is 0. The topological polar surface area (TPSA) is 122 Å². The number of quaternary nitrogens is 1. The largest absolute Gasteiger partial charge is 0.756 e. The maximum Gasteiger partial charge on any atom is 0.306 e. The fourth-order valence-electron chi connectivity index (χ4n) is 6.42. The number of phosphoric acid groups is 1. The monoisotopic (exact) mass is 786 g/mol. The van der Waals surface area contributed by atoms with Crippen molar-refractivity contribution in [3.63, 3.8) is 0 Å². The number of allylic oxidation sites excluding steroid dienone is 4. The van der Waals surface area contributed by atoms with Gasteiger partial charge in [-0.1, -0.05) is 141 Å². The van der Waals surface area contributed by atoms with E-state index < -0.39 is 20.0 Å². The second kappa shape index (κ2) is 35.9. The van der Waals surface area contributed by atoms with E-state index in [-0.39, 0.29) is 38.0 Å². The Morgan fingerprint density at radius 2 is 0.963 bits per heavy atom. The minimum Gasteiger partial charge on any atom is -0.756 e. The number of ether oxygens (including phenoxy) is 2. The Kier molecular flexibility index (Phi) is 34.9. The van der Waals surface area contributed by atoms with E-state index in [9.17, 15) is 23.9 Å². The molecule has 54 heavy (non-hydrogen) atoms. The average Bonchev–Trinajstić information content (AvgIpc) is 3.11. The molecule has 0 heterocycles. The lowest BCUT2D eigenvalue weighted by atomic mass is 10.1. The highest BCUT2D eigenvalue weighted by Gasteiger charge is 2.31. The Hall–Kier alpha value is -1.51. The summed E-state index contributed by atoms with van der Waals surface area (Å²) in [5, 5.41) is 0. The van der Waals surface area contributed by atoms with E-state index in [1.807, 2.05) is 21.1 Å². The maximum absolute atomic E-state index is 12.9. The van der Waals surface area contributed by atoms with Gasteiger partial charge in [0.15, 0.2) is 0 Å². The van der Waals surface area contributed by atoms with Crippen LogP contribution < -0.4 is 4.89 Å². The Morgan fingerprint density at radius 1 is 0.593 bits per heavy atom. The molecule has 0 amide bonds. The summed E-state index contributed by atoms with van der Waals surface area (Å²) in [5.74, 6) is -0.688. The number of phosphoric ester groups is 1. The summed E-state index contributed by atoms with van der Waals surface area (Å²) in [6.45, 7) is 4.11. The molecule has 0 aliphatic carbocycles. The molecule has 0 bridgehead atoms. The Balaban J connectivity index is 4.52. The molecule has 9 nitrogen and oxygen atoms in total. The molecule has 1 N–H and O–H groups in total. The van der Waals surface area contributed by atoms with Gasteiger partial charge in [0.25, 0.3) is 7.82 Å². The molecule has 0 aromatic heterocycles. The number of likely N-dealkylation sites (N-methyl/N-ethyl adjacent to an activating group) is 1. The van der Waals surface area contributed by atoms with Crippen LogP contribution in [0.3, 0.4) is 0 Å². The first-order chi connectivity index (χ1) is 25.9. The molecule has 0 aliphatic rings. The van der Waals surface area contributed by atoms with Gasteiger partial charge < -0.3 is 28.3 Å². The predicted molar refractivity (Wildman–Crippen MR) is 222 cm³/mol. The fourth-order valence-corrected chi connectivity index (χ4v) is 6.79. The van der Waals surface area contributed by atoms with Crippen molar-refractivity contribution >= 4 is 19.8 Å². The average molecular weight is 786 g/mol. The summed E-state index contributed by atoms with van der Waals surface area (Å²) >= 11 is 0.